The second-order valence-corrected chi connectivity index (χ2v) is 10.3. The number of carboxylic acid groups (broad SMARTS) is 1. The van der Waals surface area contributed by atoms with Crippen molar-refractivity contribution in [2.45, 2.75) is 26.4 Å². The van der Waals surface area contributed by atoms with E-state index in [1.54, 1.807) is 54.6 Å². The molecule has 0 spiro atoms. The van der Waals surface area contributed by atoms with E-state index in [9.17, 15) is 14.7 Å². The van der Waals surface area contributed by atoms with Crippen LogP contribution in [0.4, 0.5) is 0 Å². The third-order valence-corrected chi connectivity index (χ3v) is 7.29. The van der Waals surface area contributed by atoms with Gasteiger partial charge in [-0.05, 0) is 36.8 Å². The lowest BCUT2D eigenvalue weighted by atomic mass is 9.98. The largest absolute Gasteiger partial charge is 0.497 e. The molecular formula is C35H34N2O10. The summed E-state index contributed by atoms with van der Waals surface area (Å²) in [6.07, 6.45) is 3.48. The van der Waals surface area contributed by atoms with Gasteiger partial charge in [0.1, 0.15) is 30.2 Å². The first-order chi connectivity index (χ1) is 22.9. The van der Waals surface area contributed by atoms with E-state index in [-0.39, 0.29) is 37.0 Å². The molecule has 2 heterocycles. The standard InChI is InChI=1S/C35H34N2O10/c1-5-12-44-33-32(26-11-10-24(41-2)16-29(26)45-18-21-8-6-7-9-25(21)35(40)43-4)27(36-19-37-33)14-23(34(38)39)13-22-15-30-31(47-20-46-30)17-28(22)42-3/h6-11,14-17,19H,5,12-13,18,20H2,1-4H3,(H,38,39). The molecule has 0 amide bonds. The fourth-order valence-electron chi connectivity index (χ4n) is 4.97. The van der Waals surface area contributed by atoms with Crippen molar-refractivity contribution >= 4 is 18.0 Å². The van der Waals surface area contributed by atoms with Gasteiger partial charge in [0.2, 0.25) is 12.7 Å². The van der Waals surface area contributed by atoms with Gasteiger partial charge in [-0.15, -0.1) is 0 Å². The van der Waals surface area contributed by atoms with Crippen molar-refractivity contribution < 1.29 is 47.9 Å². The van der Waals surface area contributed by atoms with Crippen molar-refractivity contribution in [1.82, 2.24) is 9.97 Å². The van der Waals surface area contributed by atoms with E-state index in [4.69, 9.17) is 33.2 Å². The molecule has 0 unspecified atom stereocenters. The summed E-state index contributed by atoms with van der Waals surface area (Å²) in [6, 6.07) is 15.5. The number of benzene rings is 3. The molecule has 0 saturated heterocycles. The predicted octanol–water partition coefficient (Wildman–Crippen LogP) is 5.75. The topological polar surface area (TPSA) is 145 Å². The Labute approximate surface area is 271 Å². The third-order valence-electron chi connectivity index (χ3n) is 7.29. The summed E-state index contributed by atoms with van der Waals surface area (Å²) in [4.78, 5) is 33.9. The molecule has 0 bridgehead atoms. The van der Waals surface area contributed by atoms with E-state index < -0.39 is 11.9 Å². The smallest absolute Gasteiger partial charge is 0.338 e. The highest BCUT2D eigenvalue weighted by Crippen LogP contribution is 2.42. The molecule has 0 aliphatic carbocycles. The van der Waals surface area contributed by atoms with E-state index in [1.807, 2.05) is 6.92 Å². The van der Waals surface area contributed by atoms with Gasteiger partial charge in [0, 0.05) is 40.8 Å². The number of nitrogens with zero attached hydrogens (tertiary/aromatic N) is 2. The Kier molecular flexibility index (Phi) is 10.4. The van der Waals surface area contributed by atoms with E-state index in [0.717, 1.165) is 0 Å². The van der Waals surface area contributed by atoms with Gasteiger partial charge in [-0.25, -0.2) is 19.6 Å². The molecule has 0 radical (unpaired) electrons. The van der Waals surface area contributed by atoms with Crippen LogP contribution in [0.1, 0.15) is 40.5 Å². The number of rotatable bonds is 14. The van der Waals surface area contributed by atoms with E-state index in [1.165, 1.54) is 33.7 Å². The van der Waals surface area contributed by atoms with E-state index in [0.29, 0.717) is 69.6 Å². The minimum atomic E-state index is -1.16. The highest BCUT2D eigenvalue weighted by atomic mass is 16.7. The molecule has 0 saturated carbocycles. The van der Waals surface area contributed by atoms with Crippen molar-refractivity contribution in [2.75, 3.05) is 34.7 Å². The Balaban J connectivity index is 1.61. The van der Waals surface area contributed by atoms with Crippen molar-refractivity contribution in [2.24, 2.45) is 0 Å². The molecule has 1 aliphatic heterocycles. The van der Waals surface area contributed by atoms with E-state index in [2.05, 4.69) is 9.97 Å². The molecule has 1 N–H and O–H groups in total. The molecular weight excluding hydrogens is 608 g/mol. The van der Waals surface area contributed by atoms with Crippen molar-refractivity contribution in [3.05, 3.63) is 88.9 Å². The van der Waals surface area contributed by atoms with Crippen molar-refractivity contribution in [3.63, 3.8) is 0 Å². The zero-order chi connectivity index (χ0) is 33.3. The number of ether oxygens (including phenoxy) is 7. The van der Waals surface area contributed by atoms with Gasteiger partial charge in [-0.1, -0.05) is 25.1 Å². The van der Waals surface area contributed by atoms with Gasteiger partial charge >= 0.3 is 11.9 Å². The SMILES string of the molecule is CCCOc1ncnc(C=C(Cc2cc3c(cc2OC)OCO3)C(=O)O)c1-c1ccc(OC)cc1OCc1ccccc1C(=O)OC. The second kappa shape index (κ2) is 15.0. The fourth-order valence-corrected chi connectivity index (χ4v) is 4.97. The maximum Gasteiger partial charge on any atom is 0.338 e. The number of hydrogen-bond acceptors (Lipinski definition) is 11. The van der Waals surface area contributed by atoms with Gasteiger partial charge < -0.3 is 38.3 Å². The van der Waals surface area contributed by atoms with Crippen LogP contribution in [0.3, 0.4) is 0 Å². The number of carboxylic acids is 1. The highest BCUT2D eigenvalue weighted by Gasteiger charge is 2.24. The average molecular weight is 643 g/mol. The molecule has 0 fully saturated rings. The summed E-state index contributed by atoms with van der Waals surface area (Å²) in [5.74, 6) is 0.935. The Bertz CT molecular complexity index is 1800. The molecule has 5 rings (SSSR count). The van der Waals surface area contributed by atoms with Crippen LogP contribution in [-0.2, 0) is 22.6 Å². The number of fused-ring (bicyclic) bond motifs is 1. The Morgan fingerprint density at radius 3 is 2.43 bits per heavy atom. The number of aliphatic carboxylic acids is 1. The zero-order valence-corrected chi connectivity index (χ0v) is 26.4. The lowest BCUT2D eigenvalue weighted by molar-refractivity contribution is -0.132. The Hall–Kier alpha value is -5.78. The maximum atomic E-state index is 12.6. The van der Waals surface area contributed by atoms with Crippen molar-refractivity contribution in [3.8, 4) is 45.8 Å². The Morgan fingerprint density at radius 2 is 1.70 bits per heavy atom. The molecule has 244 valence electrons. The van der Waals surface area contributed by atoms with Gasteiger partial charge in [-0.3, -0.25) is 0 Å². The fraction of sp³-hybridized carbons (Fsp3) is 0.257. The maximum absolute atomic E-state index is 12.6. The minimum absolute atomic E-state index is 0.0136. The van der Waals surface area contributed by atoms with Gasteiger partial charge in [-0.2, -0.15) is 0 Å². The van der Waals surface area contributed by atoms with Gasteiger partial charge in [0.15, 0.2) is 11.5 Å². The molecule has 1 aliphatic rings. The van der Waals surface area contributed by atoms with Crippen LogP contribution in [0.2, 0.25) is 0 Å². The third kappa shape index (κ3) is 7.38. The average Bonchev–Trinajstić information content (AvgIpc) is 3.56. The number of hydrogen-bond donors (Lipinski definition) is 1. The first-order valence-corrected chi connectivity index (χ1v) is 14.7. The summed E-state index contributed by atoms with van der Waals surface area (Å²) < 4.78 is 39.3. The van der Waals surface area contributed by atoms with Crippen LogP contribution in [-0.4, -0.2) is 61.7 Å². The molecule has 3 aromatic carbocycles. The van der Waals surface area contributed by atoms with Crippen LogP contribution >= 0.6 is 0 Å². The zero-order valence-electron chi connectivity index (χ0n) is 26.4. The summed E-state index contributed by atoms with van der Waals surface area (Å²) in [5, 5.41) is 10.3. The van der Waals surface area contributed by atoms with Crippen LogP contribution in [0.15, 0.2) is 66.5 Å². The lowest BCUT2D eigenvalue weighted by Crippen LogP contribution is -2.09. The van der Waals surface area contributed by atoms with Crippen LogP contribution < -0.4 is 28.4 Å². The Morgan fingerprint density at radius 1 is 0.915 bits per heavy atom. The predicted molar refractivity (Wildman–Crippen MR) is 170 cm³/mol. The van der Waals surface area contributed by atoms with Crippen LogP contribution in [0.5, 0.6) is 34.6 Å². The lowest BCUT2D eigenvalue weighted by Gasteiger charge is -2.18. The first-order valence-electron chi connectivity index (χ1n) is 14.7. The summed E-state index contributed by atoms with van der Waals surface area (Å²) in [6.45, 7) is 2.39. The van der Waals surface area contributed by atoms with Gasteiger partial charge in [0.25, 0.3) is 0 Å². The molecule has 4 aromatic rings. The second-order valence-electron chi connectivity index (χ2n) is 10.3. The van der Waals surface area contributed by atoms with Crippen molar-refractivity contribution in [1.29, 1.82) is 0 Å². The minimum Gasteiger partial charge on any atom is -0.497 e. The van der Waals surface area contributed by atoms with E-state index >= 15 is 0 Å². The summed E-state index contributed by atoms with van der Waals surface area (Å²) in [5.41, 5.74) is 2.79. The molecule has 12 heteroatoms. The quantitative estimate of drug-likeness (QED) is 0.132. The van der Waals surface area contributed by atoms with Gasteiger partial charge in [0.05, 0.1) is 44.8 Å². The molecule has 47 heavy (non-hydrogen) atoms. The normalized spacial score (nSPS) is 12.0. The summed E-state index contributed by atoms with van der Waals surface area (Å²) >= 11 is 0. The first kappa shape index (κ1) is 32.6. The monoisotopic (exact) mass is 642 g/mol. The molecule has 1 aromatic heterocycles. The number of carbonyl (C=O) groups is 2. The highest BCUT2D eigenvalue weighted by molar-refractivity contribution is 5.95. The summed E-state index contributed by atoms with van der Waals surface area (Å²) in [7, 11) is 4.35. The number of aromatic nitrogens is 2. The number of esters is 1. The van der Waals surface area contributed by atoms with Crippen LogP contribution in [0.25, 0.3) is 17.2 Å². The number of methoxy groups -OCH3 is 3. The molecule has 0 atom stereocenters. The number of carbonyl (C=O) groups excluding carboxylic acids is 1. The molecule has 12 nitrogen and oxygen atoms in total. The van der Waals surface area contributed by atoms with Crippen LogP contribution in [0, 0.1) is 0 Å².